The van der Waals surface area contributed by atoms with Gasteiger partial charge in [-0.3, -0.25) is 14.1 Å². The van der Waals surface area contributed by atoms with Gasteiger partial charge in [0, 0.05) is 45.0 Å². The second kappa shape index (κ2) is 9.06. The van der Waals surface area contributed by atoms with Crippen molar-refractivity contribution in [2.75, 3.05) is 31.1 Å². The molecule has 1 amide bonds. The van der Waals surface area contributed by atoms with Crippen LogP contribution in [0, 0.1) is 5.92 Å². The molecule has 162 valence electrons. The summed E-state index contributed by atoms with van der Waals surface area (Å²) in [5.74, 6) is 1.04. The van der Waals surface area contributed by atoms with Crippen molar-refractivity contribution >= 4 is 17.5 Å². The number of aromatic nitrogens is 3. The van der Waals surface area contributed by atoms with Gasteiger partial charge in [-0.1, -0.05) is 36.4 Å². The lowest BCUT2D eigenvalue weighted by atomic mass is 9.96. The molecule has 2 fully saturated rings. The zero-order valence-electron chi connectivity index (χ0n) is 17.9. The monoisotopic (exact) mass is 418 g/mol. The van der Waals surface area contributed by atoms with Crippen LogP contribution >= 0.6 is 0 Å². The normalized spacial score (nSPS) is 20.8. The first-order chi connectivity index (χ1) is 15.3. The summed E-state index contributed by atoms with van der Waals surface area (Å²) >= 11 is 0. The smallest absolute Gasteiger partial charge is 0.231 e. The molecule has 0 bridgehead atoms. The summed E-state index contributed by atoms with van der Waals surface area (Å²) in [6, 6.07) is 16.8. The van der Waals surface area contributed by atoms with Crippen molar-refractivity contribution in [1.82, 2.24) is 24.8 Å². The molecule has 1 atom stereocenters. The van der Waals surface area contributed by atoms with E-state index in [1.807, 2.05) is 28.8 Å². The van der Waals surface area contributed by atoms with E-state index in [-0.39, 0.29) is 17.9 Å². The van der Waals surface area contributed by atoms with Gasteiger partial charge in [0.05, 0.1) is 5.92 Å². The Morgan fingerprint density at radius 2 is 1.77 bits per heavy atom. The van der Waals surface area contributed by atoms with Crippen LogP contribution in [-0.2, 0) is 11.3 Å². The third kappa shape index (κ3) is 4.56. The molecule has 0 saturated carbocycles. The number of hydrogen-bond donors (Lipinski definition) is 1. The number of hydrogen-bond acceptors (Lipinski definition) is 5. The second-order valence-corrected chi connectivity index (χ2v) is 8.76. The molecular formula is C24H30N6O. The number of nitrogens with zero attached hydrogens (tertiary/aromatic N) is 5. The Kier molecular flexibility index (Phi) is 5.84. The molecular weight excluding hydrogens is 388 g/mol. The first-order valence-electron chi connectivity index (χ1n) is 11.4. The number of pyridine rings is 1. The molecule has 2 aliphatic rings. The largest absolute Gasteiger partial charge is 0.353 e. The molecule has 2 saturated heterocycles. The average molecular weight is 419 g/mol. The second-order valence-electron chi connectivity index (χ2n) is 8.76. The van der Waals surface area contributed by atoms with E-state index in [0.29, 0.717) is 6.54 Å². The number of carbonyl (C=O) groups excluding carboxylic acids is 1. The lowest BCUT2D eigenvalue weighted by molar-refractivity contribution is -0.126. The predicted octanol–water partition coefficient (Wildman–Crippen LogP) is 2.73. The minimum absolute atomic E-state index is 0.00663. The van der Waals surface area contributed by atoms with Crippen LogP contribution in [0.2, 0.25) is 0 Å². The Bertz CT molecular complexity index is 1010. The van der Waals surface area contributed by atoms with Crippen molar-refractivity contribution in [1.29, 1.82) is 0 Å². The fourth-order valence-electron chi connectivity index (χ4n) is 4.81. The highest BCUT2D eigenvalue weighted by molar-refractivity contribution is 5.79. The quantitative estimate of drug-likeness (QED) is 0.690. The predicted molar refractivity (Wildman–Crippen MR) is 121 cm³/mol. The SMILES string of the molecule is O=C(NC1CCN(Cc2ccccc2)CC1)C1CCCN(c2nnc3ccccn23)C1. The van der Waals surface area contributed by atoms with Gasteiger partial charge in [0.2, 0.25) is 11.9 Å². The van der Waals surface area contributed by atoms with Gasteiger partial charge in [0.1, 0.15) is 0 Å². The lowest BCUT2D eigenvalue weighted by Crippen LogP contribution is -2.49. The lowest BCUT2D eigenvalue weighted by Gasteiger charge is -2.35. The third-order valence-electron chi connectivity index (χ3n) is 6.55. The van der Waals surface area contributed by atoms with E-state index in [1.54, 1.807) is 0 Å². The molecule has 0 spiro atoms. The molecule has 2 aliphatic heterocycles. The van der Waals surface area contributed by atoms with Gasteiger partial charge < -0.3 is 10.2 Å². The third-order valence-corrected chi connectivity index (χ3v) is 6.55. The van der Waals surface area contributed by atoms with Gasteiger partial charge >= 0.3 is 0 Å². The van der Waals surface area contributed by atoms with E-state index < -0.39 is 0 Å². The molecule has 3 aromatic rings. The standard InChI is InChI=1S/C24H30N6O/c31-23(25-21-11-15-28(16-12-21)17-19-7-2-1-3-8-19)20-9-6-13-29(18-20)24-27-26-22-10-4-5-14-30(22)24/h1-5,7-8,10,14,20-21H,6,9,11-13,15-18H2,(H,25,31). The molecule has 4 heterocycles. The molecule has 0 aliphatic carbocycles. The summed E-state index contributed by atoms with van der Waals surface area (Å²) in [5.41, 5.74) is 2.19. The minimum Gasteiger partial charge on any atom is -0.353 e. The van der Waals surface area contributed by atoms with Crippen molar-refractivity contribution in [3.05, 3.63) is 60.3 Å². The van der Waals surface area contributed by atoms with Crippen LogP contribution in [0.3, 0.4) is 0 Å². The van der Waals surface area contributed by atoms with Gasteiger partial charge in [0.15, 0.2) is 5.65 Å². The minimum atomic E-state index is 0.00663. The van der Waals surface area contributed by atoms with Crippen molar-refractivity contribution in [2.45, 2.75) is 38.3 Å². The van der Waals surface area contributed by atoms with E-state index in [2.05, 4.69) is 55.6 Å². The van der Waals surface area contributed by atoms with Gasteiger partial charge in [0.25, 0.3) is 0 Å². The number of piperidine rings is 2. The molecule has 2 aromatic heterocycles. The number of nitrogens with one attached hydrogen (secondary N) is 1. The zero-order chi connectivity index (χ0) is 21.0. The molecule has 7 nitrogen and oxygen atoms in total. The molecule has 31 heavy (non-hydrogen) atoms. The number of benzene rings is 1. The zero-order valence-corrected chi connectivity index (χ0v) is 17.9. The Hall–Kier alpha value is -2.93. The molecule has 1 unspecified atom stereocenters. The first-order valence-corrected chi connectivity index (χ1v) is 11.4. The molecule has 1 N–H and O–H groups in total. The van der Waals surface area contributed by atoms with Gasteiger partial charge in [-0.2, -0.15) is 0 Å². The van der Waals surface area contributed by atoms with Crippen LogP contribution in [-0.4, -0.2) is 57.6 Å². The maximum atomic E-state index is 13.0. The van der Waals surface area contributed by atoms with Crippen LogP contribution in [0.25, 0.3) is 5.65 Å². The number of carbonyl (C=O) groups is 1. The maximum Gasteiger partial charge on any atom is 0.231 e. The summed E-state index contributed by atoms with van der Waals surface area (Å²) in [6.45, 7) is 4.67. The average Bonchev–Trinajstić information content (AvgIpc) is 3.25. The van der Waals surface area contributed by atoms with E-state index in [9.17, 15) is 4.79 Å². The van der Waals surface area contributed by atoms with Crippen molar-refractivity contribution in [2.24, 2.45) is 5.92 Å². The molecule has 1 aromatic carbocycles. The Balaban J connectivity index is 1.14. The van der Waals surface area contributed by atoms with Crippen molar-refractivity contribution in [3.8, 4) is 0 Å². The molecule has 5 rings (SSSR count). The van der Waals surface area contributed by atoms with Gasteiger partial charge in [-0.05, 0) is 43.4 Å². The van der Waals surface area contributed by atoms with Crippen molar-refractivity contribution in [3.63, 3.8) is 0 Å². The van der Waals surface area contributed by atoms with Crippen LogP contribution in [0.4, 0.5) is 5.95 Å². The fraction of sp³-hybridized carbons (Fsp3) is 0.458. The highest BCUT2D eigenvalue weighted by Gasteiger charge is 2.30. The maximum absolute atomic E-state index is 13.0. The number of fused-ring (bicyclic) bond motifs is 1. The summed E-state index contributed by atoms with van der Waals surface area (Å²) < 4.78 is 2.00. The van der Waals surface area contributed by atoms with Crippen molar-refractivity contribution < 1.29 is 4.79 Å². The number of amides is 1. The topological polar surface area (TPSA) is 65.8 Å². The first kappa shape index (κ1) is 20.0. The Morgan fingerprint density at radius 3 is 2.61 bits per heavy atom. The fourth-order valence-corrected chi connectivity index (χ4v) is 4.81. The molecule has 7 heteroatoms. The van der Waals surface area contributed by atoms with E-state index >= 15 is 0 Å². The summed E-state index contributed by atoms with van der Waals surface area (Å²) in [4.78, 5) is 17.7. The van der Waals surface area contributed by atoms with E-state index in [1.165, 1.54) is 5.56 Å². The highest BCUT2D eigenvalue weighted by atomic mass is 16.2. The van der Waals surface area contributed by atoms with Crippen LogP contribution in [0.1, 0.15) is 31.2 Å². The van der Waals surface area contributed by atoms with Crippen LogP contribution < -0.4 is 10.2 Å². The number of rotatable bonds is 5. The van der Waals surface area contributed by atoms with E-state index in [0.717, 1.165) is 63.5 Å². The summed E-state index contributed by atoms with van der Waals surface area (Å²) in [7, 11) is 0. The molecule has 0 radical (unpaired) electrons. The Morgan fingerprint density at radius 1 is 0.968 bits per heavy atom. The van der Waals surface area contributed by atoms with Gasteiger partial charge in [-0.15, -0.1) is 10.2 Å². The highest BCUT2D eigenvalue weighted by Crippen LogP contribution is 2.23. The van der Waals surface area contributed by atoms with Crippen LogP contribution in [0.15, 0.2) is 54.7 Å². The van der Waals surface area contributed by atoms with Crippen LogP contribution in [0.5, 0.6) is 0 Å². The van der Waals surface area contributed by atoms with E-state index in [4.69, 9.17) is 0 Å². The summed E-state index contributed by atoms with van der Waals surface area (Å²) in [5, 5.41) is 12.0. The summed E-state index contributed by atoms with van der Waals surface area (Å²) in [6.07, 6.45) is 5.95. The van der Waals surface area contributed by atoms with Gasteiger partial charge in [-0.25, -0.2) is 0 Å². The number of anilines is 1. The number of likely N-dealkylation sites (tertiary alicyclic amines) is 1. The Labute approximate surface area is 183 Å².